The SMILES string of the molecule is Cc1ccc2nc(NN)c(-c3ccc(F)cc3)cc2c1. The number of fused-ring (bicyclic) bond motifs is 1. The van der Waals surface area contributed by atoms with E-state index < -0.39 is 0 Å². The molecule has 0 bridgehead atoms. The molecule has 0 amide bonds. The lowest BCUT2D eigenvalue weighted by atomic mass is 10.0. The summed E-state index contributed by atoms with van der Waals surface area (Å²) in [6.07, 6.45) is 0. The maximum atomic E-state index is 13.0. The predicted octanol–water partition coefficient (Wildman–Crippen LogP) is 3.63. The molecule has 100 valence electrons. The molecule has 0 fully saturated rings. The van der Waals surface area contributed by atoms with E-state index in [1.54, 1.807) is 12.1 Å². The number of nitrogens with zero attached hydrogens (tertiary/aromatic N) is 1. The lowest BCUT2D eigenvalue weighted by Gasteiger charge is -2.10. The van der Waals surface area contributed by atoms with Crippen LogP contribution in [-0.2, 0) is 0 Å². The van der Waals surface area contributed by atoms with E-state index in [0.717, 1.165) is 27.6 Å². The molecule has 3 N–H and O–H groups in total. The van der Waals surface area contributed by atoms with Crippen LogP contribution in [0.15, 0.2) is 48.5 Å². The summed E-state index contributed by atoms with van der Waals surface area (Å²) in [5, 5.41) is 1.03. The Morgan fingerprint density at radius 1 is 1.05 bits per heavy atom. The van der Waals surface area contributed by atoms with Crippen molar-refractivity contribution in [3.05, 3.63) is 59.9 Å². The molecule has 0 saturated carbocycles. The van der Waals surface area contributed by atoms with Gasteiger partial charge in [0, 0.05) is 10.9 Å². The number of benzene rings is 2. The standard InChI is InChI=1S/C16H14FN3/c1-10-2-7-15-12(8-10)9-14(16(19-15)20-18)11-3-5-13(17)6-4-11/h2-9H,18H2,1H3,(H,19,20). The zero-order valence-electron chi connectivity index (χ0n) is 11.0. The van der Waals surface area contributed by atoms with Gasteiger partial charge in [-0.05, 0) is 42.8 Å². The first-order valence-corrected chi connectivity index (χ1v) is 6.31. The number of rotatable bonds is 2. The van der Waals surface area contributed by atoms with Crippen molar-refractivity contribution in [2.75, 3.05) is 5.43 Å². The summed E-state index contributed by atoms with van der Waals surface area (Å²) in [5.74, 6) is 5.87. The minimum Gasteiger partial charge on any atom is -0.308 e. The highest BCUT2D eigenvalue weighted by atomic mass is 19.1. The highest BCUT2D eigenvalue weighted by molar-refractivity contribution is 5.89. The number of nitrogen functional groups attached to an aromatic ring is 1. The van der Waals surface area contributed by atoms with E-state index >= 15 is 0 Å². The van der Waals surface area contributed by atoms with Gasteiger partial charge in [-0.1, -0.05) is 23.8 Å². The van der Waals surface area contributed by atoms with E-state index in [-0.39, 0.29) is 5.82 Å². The lowest BCUT2D eigenvalue weighted by Crippen LogP contribution is -2.10. The number of hydrogen-bond donors (Lipinski definition) is 2. The zero-order valence-corrected chi connectivity index (χ0v) is 11.0. The Bertz CT molecular complexity index is 767. The van der Waals surface area contributed by atoms with Gasteiger partial charge in [0.1, 0.15) is 11.6 Å². The average molecular weight is 267 g/mol. The number of hydrogen-bond acceptors (Lipinski definition) is 3. The third kappa shape index (κ3) is 2.21. The van der Waals surface area contributed by atoms with E-state index in [1.165, 1.54) is 12.1 Å². The van der Waals surface area contributed by atoms with Gasteiger partial charge in [0.2, 0.25) is 0 Å². The Hall–Kier alpha value is -2.46. The van der Waals surface area contributed by atoms with Crippen molar-refractivity contribution >= 4 is 16.7 Å². The third-order valence-corrected chi connectivity index (χ3v) is 3.26. The molecule has 3 rings (SSSR count). The molecular weight excluding hydrogens is 253 g/mol. The van der Waals surface area contributed by atoms with Crippen molar-refractivity contribution in [2.45, 2.75) is 6.92 Å². The Labute approximate surface area is 116 Å². The van der Waals surface area contributed by atoms with Crippen LogP contribution in [0.4, 0.5) is 10.2 Å². The zero-order chi connectivity index (χ0) is 14.1. The van der Waals surface area contributed by atoms with Crippen LogP contribution < -0.4 is 11.3 Å². The molecule has 0 spiro atoms. The summed E-state index contributed by atoms with van der Waals surface area (Å²) < 4.78 is 13.0. The summed E-state index contributed by atoms with van der Waals surface area (Å²) in [4.78, 5) is 4.50. The van der Waals surface area contributed by atoms with Crippen molar-refractivity contribution in [2.24, 2.45) is 5.84 Å². The molecule has 1 heterocycles. The molecule has 2 aromatic carbocycles. The maximum Gasteiger partial charge on any atom is 0.148 e. The first kappa shape index (κ1) is 12.6. The number of aromatic nitrogens is 1. The molecule has 3 nitrogen and oxygen atoms in total. The molecule has 0 aliphatic carbocycles. The Balaban J connectivity index is 2.24. The first-order chi connectivity index (χ1) is 9.67. The molecule has 0 radical (unpaired) electrons. The van der Waals surface area contributed by atoms with Crippen LogP contribution in [0.25, 0.3) is 22.0 Å². The summed E-state index contributed by atoms with van der Waals surface area (Å²) in [6, 6.07) is 14.3. The minimum absolute atomic E-state index is 0.263. The van der Waals surface area contributed by atoms with Crippen LogP contribution in [-0.4, -0.2) is 4.98 Å². The fourth-order valence-electron chi connectivity index (χ4n) is 2.26. The van der Waals surface area contributed by atoms with E-state index in [9.17, 15) is 4.39 Å². The minimum atomic E-state index is -0.263. The highest BCUT2D eigenvalue weighted by Crippen LogP contribution is 2.30. The van der Waals surface area contributed by atoms with Crippen molar-refractivity contribution in [1.29, 1.82) is 0 Å². The predicted molar refractivity (Wildman–Crippen MR) is 79.7 cm³/mol. The maximum absolute atomic E-state index is 13.0. The second kappa shape index (κ2) is 4.90. The fourth-order valence-corrected chi connectivity index (χ4v) is 2.26. The van der Waals surface area contributed by atoms with Gasteiger partial charge in [-0.15, -0.1) is 0 Å². The van der Waals surface area contributed by atoms with Gasteiger partial charge in [0.15, 0.2) is 0 Å². The number of nitrogens with one attached hydrogen (secondary N) is 1. The van der Waals surface area contributed by atoms with E-state index in [1.807, 2.05) is 25.1 Å². The number of pyridine rings is 1. The van der Waals surface area contributed by atoms with Crippen LogP contribution in [0.2, 0.25) is 0 Å². The van der Waals surface area contributed by atoms with E-state index in [4.69, 9.17) is 5.84 Å². The number of nitrogens with two attached hydrogens (primary N) is 1. The van der Waals surface area contributed by atoms with Crippen LogP contribution in [0.3, 0.4) is 0 Å². The van der Waals surface area contributed by atoms with Gasteiger partial charge < -0.3 is 5.43 Å². The van der Waals surface area contributed by atoms with Gasteiger partial charge in [0.05, 0.1) is 5.52 Å². The highest BCUT2D eigenvalue weighted by Gasteiger charge is 2.08. The topological polar surface area (TPSA) is 50.9 Å². The monoisotopic (exact) mass is 267 g/mol. The molecule has 0 saturated heterocycles. The molecule has 0 atom stereocenters. The molecule has 4 heteroatoms. The number of halogens is 1. The second-order valence-corrected chi connectivity index (χ2v) is 4.73. The second-order valence-electron chi connectivity index (χ2n) is 4.73. The molecule has 1 aromatic heterocycles. The lowest BCUT2D eigenvalue weighted by molar-refractivity contribution is 0.628. The van der Waals surface area contributed by atoms with Gasteiger partial charge in [-0.3, -0.25) is 0 Å². The van der Waals surface area contributed by atoms with Crippen LogP contribution >= 0.6 is 0 Å². The summed E-state index contributed by atoms with van der Waals surface area (Å²) in [7, 11) is 0. The Kier molecular flexibility index (Phi) is 3.08. The largest absolute Gasteiger partial charge is 0.308 e. The van der Waals surface area contributed by atoms with Crippen LogP contribution in [0, 0.1) is 12.7 Å². The summed E-state index contributed by atoms with van der Waals surface area (Å²) >= 11 is 0. The molecule has 0 aliphatic rings. The normalized spacial score (nSPS) is 10.8. The molecule has 0 aliphatic heterocycles. The van der Waals surface area contributed by atoms with Crippen molar-refractivity contribution in [1.82, 2.24) is 4.98 Å². The van der Waals surface area contributed by atoms with Crippen molar-refractivity contribution < 1.29 is 4.39 Å². The fraction of sp³-hybridized carbons (Fsp3) is 0.0625. The van der Waals surface area contributed by atoms with Crippen LogP contribution in [0.5, 0.6) is 0 Å². The molecule has 20 heavy (non-hydrogen) atoms. The van der Waals surface area contributed by atoms with Gasteiger partial charge >= 0.3 is 0 Å². The van der Waals surface area contributed by atoms with Gasteiger partial charge in [0.25, 0.3) is 0 Å². The summed E-state index contributed by atoms with van der Waals surface area (Å²) in [5.41, 5.74) is 6.37. The average Bonchev–Trinajstić information content (AvgIpc) is 2.46. The third-order valence-electron chi connectivity index (χ3n) is 3.26. The van der Waals surface area contributed by atoms with E-state index in [2.05, 4.69) is 16.5 Å². The molecule has 3 aromatic rings. The van der Waals surface area contributed by atoms with Crippen molar-refractivity contribution in [3.8, 4) is 11.1 Å². The quantitative estimate of drug-likeness (QED) is 0.550. The number of hydrazine groups is 1. The van der Waals surface area contributed by atoms with Crippen LogP contribution in [0.1, 0.15) is 5.56 Å². The van der Waals surface area contributed by atoms with Gasteiger partial charge in [-0.25, -0.2) is 15.2 Å². The van der Waals surface area contributed by atoms with Crippen molar-refractivity contribution in [3.63, 3.8) is 0 Å². The molecule has 0 unspecified atom stereocenters. The Morgan fingerprint density at radius 3 is 2.50 bits per heavy atom. The van der Waals surface area contributed by atoms with E-state index in [0.29, 0.717) is 5.82 Å². The smallest absolute Gasteiger partial charge is 0.148 e. The Morgan fingerprint density at radius 2 is 1.80 bits per heavy atom. The molecular formula is C16H14FN3. The first-order valence-electron chi connectivity index (χ1n) is 6.31. The summed E-state index contributed by atoms with van der Waals surface area (Å²) in [6.45, 7) is 2.03. The number of aryl methyl sites for hydroxylation is 1. The number of anilines is 1. The van der Waals surface area contributed by atoms with Gasteiger partial charge in [-0.2, -0.15) is 0 Å².